The van der Waals surface area contributed by atoms with E-state index in [1.54, 1.807) is 12.1 Å². The lowest BCUT2D eigenvalue weighted by Crippen LogP contribution is -2.32. The van der Waals surface area contributed by atoms with Crippen molar-refractivity contribution >= 4 is 5.78 Å². The van der Waals surface area contributed by atoms with E-state index in [4.69, 9.17) is 14.4 Å². The van der Waals surface area contributed by atoms with Gasteiger partial charge in [-0.25, -0.2) is 0 Å². The maximum atomic E-state index is 12.1. The van der Waals surface area contributed by atoms with E-state index in [1.807, 2.05) is 26.0 Å². The zero-order valence-corrected chi connectivity index (χ0v) is 20.2. The van der Waals surface area contributed by atoms with Crippen LogP contribution < -0.4 is 4.74 Å². The number of aliphatic hydroxyl groups excluding tert-OH is 1. The van der Waals surface area contributed by atoms with E-state index in [2.05, 4.69) is 33.2 Å². The molecule has 0 unspecified atom stereocenters. The van der Waals surface area contributed by atoms with E-state index in [0.29, 0.717) is 48.0 Å². The van der Waals surface area contributed by atoms with Gasteiger partial charge in [-0.15, -0.1) is 0 Å². The summed E-state index contributed by atoms with van der Waals surface area (Å²) < 4.78 is 11.2. The Morgan fingerprint density at radius 1 is 1.17 bits per heavy atom. The topological polar surface area (TPSA) is 112 Å². The minimum Gasteiger partial charge on any atom is -0.490 e. The Morgan fingerprint density at radius 2 is 1.94 bits per heavy atom. The van der Waals surface area contributed by atoms with E-state index < -0.39 is 0 Å². The van der Waals surface area contributed by atoms with Crippen molar-refractivity contribution in [1.29, 1.82) is 5.26 Å². The molecule has 0 bridgehead atoms. The van der Waals surface area contributed by atoms with E-state index in [0.717, 1.165) is 31.5 Å². The number of carbonyl (C=O) groups is 1. The summed E-state index contributed by atoms with van der Waals surface area (Å²) >= 11 is 0. The van der Waals surface area contributed by atoms with Gasteiger partial charge in [-0.1, -0.05) is 17.3 Å². The molecule has 0 fully saturated rings. The van der Waals surface area contributed by atoms with Crippen molar-refractivity contribution in [3.63, 3.8) is 0 Å². The van der Waals surface area contributed by atoms with Crippen molar-refractivity contribution in [2.75, 3.05) is 26.2 Å². The van der Waals surface area contributed by atoms with Crippen molar-refractivity contribution in [3.8, 4) is 34.7 Å². The van der Waals surface area contributed by atoms with Gasteiger partial charge < -0.3 is 14.4 Å². The van der Waals surface area contributed by atoms with E-state index >= 15 is 0 Å². The molecule has 2 aromatic carbocycles. The van der Waals surface area contributed by atoms with Crippen LogP contribution in [0.4, 0.5) is 0 Å². The lowest BCUT2D eigenvalue weighted by molar-refractivity contribution is -0.120. The van der Waals surface area contributed by atoms with Crippen molar-refractivity contribution in [3.05, 3.63) is 53.1 Å². The second-order valence-corrected chi connectivity index (χ2v) is 9.04. The summed E-state index contributed by atoms with van der Waals surface area (Å²) in [6, 6.07) is 13.6. The first-order valence-electron chi connectivity index (χ1n) is 12.0. The number of hydrogen-bond donors (Lipinski definition) is 1. The van der Waals surface area contributed by atoms with Crippen molar-refractivity contribution < 1.29 is 19.2 Å². The summed E-state index contributed by atoms with van der Waals surface area (Å²) in [4.78, 5) is 18.9. The maximum Gasteiger partial charge on any atom is 0.258 e. The van der Waals surface area contributed by atoms with E-state index in [-0.39, 0.29) is 18.5 Å². The van der Waals surface area contributed by atoms with Crippen molar-refractivity contribution in [1.82, 2.24) is 15.0 Å². The molecule has 35 heavy (non-hydrogen) atoms. The highest BCUT2D eigenvalue weighted by Crippen LogP contribution is 2.29. The number of nitriles is 1. The third-order valence-electron chi connectivity index (χ3n) is 6.01. The van der Waals surface area contributed by atoms with Crippen LogP contribution in [0.1, 0.15) is 43.4 Å². The van der Waals surface area contributed by atoms with Crippen molar-refractivity contribution in [2.24, 2.45) is 0 Å². The molecule has 0 saturated carbocycles. The molecule has 1 N–H and O–H groups in total. The van der Waals surface area contributed by atoms with Gasteiger partial charge >= 0.3 is 0 Å². The summed E-state index contributed by atoms with van der Waals surface area (Å²) in [5.74, 6) is 1.54. The number of nitrogens with zero attached hydrogens (tertiary/aromatic N) is 4. The molecule has 0 radical (unpaired) electrons. The van der Waals surface area contributed by atoms with Crippen LogP contribution in [0.3, 0.4) is 0 Å². The number of aliphatic hydroxyl groups is 1. The predicted molar refractivity (Wildman–Crippen MR) is 131 cm³/mol. The Balaban J connectivity index is 1.48. The zero-order chi connectivity index (χ0) is 24.8. The molecule has 182 valence electrons. The van der Waals surface area contributed by atoms with Crippen LogP contribution in [0.2, 0.25) is 0 Å². The summed E-state index contributed by atoms with van der Waals surface area (Å²) in [6.45, 7) is 5.95. The Hall–Kier alpha value is -3.54. The molecule has 0 aliphatic carbocycles. The molecule has 1 aliphatic heterocycles. The fourth-order valence-electron chi connectivity index (χ4n) is 4.24. The number of carbonyl (C=O) groups excluding carboxylic acids is 1. The van der Waals surface area contributed by atoms with Crippen LogP contribution in [0.25, 0.3) is 22.8 Å². The molecular formula is C27H30N4O4. The number of Topliss-reactive ketones (excluding diaryl/α,β-unsaturated/α-hetero) is 1. The summed E-state index contributed by atoms with van der Waals surface area (Å²) in [6.07, 6.45) is 2.63. The van der Waals surface area contributed by atoms with Crippen LogP contribution in [0.15, 0.2) is 40.9 Å². The smallest absolute Gasteiger partial charge is 0.258 e. The predicted octanol–water partition coefficient (Wildman–Crippen LogP) is 3.80. The average Bonchev–Trinajstić information content (AvgIpc) is 3.26. The molecule has 1 aliphatic rings. The van der Waals surface area contributed by atoms with Gasteiger partial charge in [-0.05, 0) is 68.5 Å². The number of hydrogen-bond acceptors (Lipinski definition) is 8. The Labute approximate surface area is 205 Å². The SMILES string of the molecule is CC(C)Oc1ccc(-c2nc(-c3ccc4c(c3)CCN(CC(=O)CCCO)CC4)no2)cc1C#N. The lowest BCUT2D eigenvalue weighted by atomic mass is 10.00. The Bertz CT molecular complexity index is 1230. The first-order valence-corrected chi connectivity index (χ1v) is 12.0. The second kappa shape index (κ2) is 11.3. The monoisotopic (exact) mass is 474 g/mol. The highest BCUT2D eigenvalue weighted by atomic mass is 16.5. The van der Waals surface area contributed by atoms with Crippen LogP contribution >= 0.6 is 0 Å². The number of ketones is 1. The van der Waals surface area contributed by atoms with Gasteiger partial charge in [-0.3, -0.25) is 9.69 Å². The van der Waals surface area contributed by atoms with Gasteiger partial charge in [0.1, 0.15) is 17.6 Å². The van der Waals surface area contributed by atoms with Gasteiger partial charge in [0, 0.05) is 37.2 Å². The molecule has 4 rings (SSSR count). The largest absolute Gasteiger partial charge is 0.490 e. The first-order chi connectivity index (χ1) is 17.0. The average molecular weight is 475 g/mol. The quantitative estimate of drug-likeness (QED) is 0.498. The number of rotatable bonds is 9. The minimum absolute atomic E-state index is 0.0324. The van der Waals surface area contributed by atoms with Gasteiger partial charge in [0.2, 0.25) is 5.82 Å². The number of aromatic nitrogens is 2. The molecule has 0 atom stereocenters. The van der Waals surface area contributed by atoms with Gasteiger partial charge in [0.05, 0.1) is 18.2 Å². The molecular weight excluding hydrogens is 444 g/mol. The van der Waals surface area contributed by atoms with Crippen LogP contribution in [-0.4, -0.2) is 58.3 Å². The molecule has 8 heteroatoms. The number of ether oxygens (including phenoxy) is 1. The minimum atomic E-state index is -0.0324. The van der Waals surface area contributed by atoms with Crippen LogP contribution in [0, 0.1) is 11.3 Å². The third kappa shape index (κ3) is 6.13. The van der Waals surface area contributed by atoms with Gasteiger partial charge in [0.15, 0.2) is 0 Å². The molecule has 2 heterocycles. The molecule has 0 spiro atoms. The highest BCUT2D eigenvalue weighted by Gasteiger charge is 2.19. The first kappa shape index (κ1) is 24.6. The number of fused-ring (bicyclic) bond motifs is 1. The van der Waals surface area contributed by atoms with Gasteiger partial charge in [-0.2, -0.15) is 10.2 Å². The van der Waals surface area contributed by atoms with Crippen LogP contribution in [-0.2, 0) is 17.6 Å². The molecule has 8 nitrogen and oxygen atoms in total. The zero-order valence-electron chi connectivity index (χ0n) is 20.2. The van der Waals surface area contributed by atoms with Crippen molar-refractivity contribution in [2.45, 2.75) is 45.6 Å². The Kier molecular flexibility index (Phi) is 7.91. The lowest BCUT2D eigenvalue weighted by Gasteiger charge is -2.18. The number of benzene rings is 2. The molecule has 0 saturated heterocycles. The normalized spacial score (nSPS) is 13.8. The standard InChI is InChI=1S/C27H30N4O4/c1-18(2)34-25-8-7-22(15-23(25)16-28)27-29-26(30-35-27)21-6-5-19-9-11-31(12-10-20(19)14-21)17-24(33)4-3-13-32/h5-8,14-15,18,32H,3-4,9-13,17H2,1-2H3. The molecule has 0 amide bonds. The summed E-state index contributed by atoms with van der Waals surface area (Å²) in [5.41, 5.74) is 4.43. The summed E-state index contributed by atoms with van der Waals surface area (Å²) in [5, 5.41) is 22.6. The fraction of sp³-hybridized carbons (Fsp3) is 0.407. The Morgan fingerprint density at radius 3 is 2.69 bits per heavy atom. The fourth-order valence-corrected chi connectivity index (χ4v) is 4.24. The molecule has 3 aromatic rings. The summed E-state index contributed by atoms with van der Waals surface area (Å²) in [7, 11) is 0. The van der Waals surface area contributed by atoms with Gasteiger partial charge in [0.25, 0.3) is 5.89 Å². The van der Waals surface area contributed by atoms with E-state index in [9.17, 15) is 10.1 Å². The molecule has 1 aromatic heterocycles. The maximum absolute atomic E-state index is 12.1. The third-order valence-corrected chi connectivity index (χ3v) is 6.01. The van der Waals surface area contributed by atoms with Crippen LogP contribution in [0.5, 0.6) is 5.75 Å². The highest BCUT2D eigenvalue weighted by molar-refractivity contribution is 5.80. The second-order valence-electron chi connectivity index (χ2n) is 9.04. The van der Waals surface area contributed by atoms with E-state index in [1.165, 1.54) is 11.1 Å².